The van der Waals surface area contributed by atoms with Gasteiger partial charge in [0.25, 0.3) is 0 Å². The van der Waals surface area contributed by atoms with Gasteiger partial charge in [0, 0.05) is 0 Å². The molecular weight excluding hydrogens is 484 g/mol. The zero-order valence-corrected chi connectivity index (χ0v) is 17.3. The Hall–Kier alpha value is 2.35. The highest BCUT2D eigenvalue weighted by atomic mass is 79.9. The van der Waals surface area contributed by atoms with Gasteiger partial charge in [0.2, 0.25) is 10.6 Å². The summed E-state index contributed by atoms with van der Waals surface area (Å²) < 4.78 is 0. The molecule has 0 radical (unpaired) electrons. The molecule has 0 saturated heterocycles. The molecule has 3 unspecified atom stereocenters. The lowest BCUT2D eigenvalue weighted by Gasteiger charge is -2.45. The molecule has 2 bridgehead atoms. The minimum absolute atomic E-state index is 0.589. The monoisotopic (exact) mass is 496 g/mol. The van der Waals surface area contributed by atoms with Crippen LogP contribution in [0.15, 0.2) is 0 Å². The molecule has 0 spiro atoms. The van der Waals surface area contributed by atoms with Crippen molar-refractivity contribution >= 4 is 71.8 Å². The summed E-state index contributed by atoms with van der Waals surface area (Å²) in [7, 11) is 0. The first-order chi connectivity index (χ1) is 6.67. The summed E-state index contributed by atoms with van der Waals surface area (Å²) in [5.74, 6) is 0.999. The van der Waals surface area contributed by atoms with Gasteiger partial charge in [0.15, 0.2) is 0 Å². The van der Waals surface area contributed by atoms with Gasteiger partial charge in [0.05, 0.1) is 0 Å². The summed E-state index contributed by atoms with van der Waals surface area (Å²) >= 11 is 16.0. The molecule has 88 valence electrons. The van der Waals surface area contributed by atoms with Crippen LogP contribution >= 0.6 is 61.2 Å². The van der Waals surface area contributed by atoms with Gasteiger partial charge in [-0.25, -0.2) is 0 Å². The number of hydrogen-bond acceptors (Lipinski definition) is 0. The fraction of sp³-hybridized carbons (Fsp3) is 1.00. The summed E-state index contributed by atoms with van der Waals surface area (Å²) in [4.78, 5) is 0. The van der Waals surface area contributed by atoms with Crippen molar-refractivity contribution in [1.29, 1.82) is 0 Å². The summed E-state index contributed by atoms with van der Waals surface area (Å²) in [6.45, 7) is 4.83. The highest BCUT2D eigenvalue weighted by Crippen LogP contribution is 2.75. The third kappa shape index (κ3) is 2.29. The normalized spacial score (nSPS) is 41.2. The van der Waals surface area contributed by atoms with E-state index in [9.17, 15) is 0 Å². The second-order valence-electron chi connectivity index (χ2n) is 5.40. The fourth-order valence-electron chi connectivity index (χ4n) is 3.65. The highest BCUT2D eigenvalue weighted by molar-refractivity contribution is 9.51. The summed E-state index contributed by atoms with van der Waals surface area (Å²) in [5, 5.41) is -2.18. The van der Waals surface area contributed by atoms with Crippen molar-refractivity contribution in [3.8, 4) is 0 Å². The van der Waals surface area contributed by atoms with Crippen LogP contribution in [0.25, 0.3) is 0 Å². The van der Waals surface area contributed by atoms with Gasteiger partial charge < -0.3 is 0 Å². The number of rotatable bonds is 2. The van der Waals surface area contributed by atoms with Crippen LogP contribution in [0.1, 0.15) is 25.7 Å². The molecule has 2 saturated carbocycles. The Balaban J connectivity index is 2.36. The molecular formula is C9H16Br4Si2. The van der Waals surface area contributed by atoms with Gasteiger partial charge in [-0.1, -0.05) is 6.42 Å². The van der Waals surface area contributed by atoms with Crippen LogP contribution in [-0.4, -0.2) is 10.6 Å². The molecule has 0 aromatic heterocycles. The van der Waals surface area contributed by atoms with E-state index in [1.165, 1.54) is 25.7 Å². The minimum atomic E-state index is -1.41. The molecule has 3 atom stereocenters. The quantitative estimate of drug-likeness (QED) is 0.322. The number of fused-ring (bicyclic) bond motifs is 2. The molecule has 0 heterocycles. The van der Waals surface area contributed by atoms with Crippen molar-refractivity contribution in [2.24, 2.45) is 5.92 Å². The molecule has 6 heteroatoms. The van der Waals surface area contributed by atoms with E-state index in [0.29, 0.717) is 5.04 Å². The first-order valence-corrected chi connectivity index (χ1v) is 19.5. The van der Waals surface area contributed by atoms with Crippen LogP contribution in [0.3, 0.4) is 0 Å². The Bertz CT molecular complexity index is 270. The molecule has 0 N–H and O–H groups in total. The van der Waals surface area contributed by atoms with Gasteiger partial charge in [0.1, 0.15) is 0 Å². The van der Waals surface area contributed by atoms with Crippen LogP contribution in [0.4, 0.5) is 0 Å². The average molecular weight is 500 g/mol. The van der Waals surface area contributed by atoms with E-state index in [-0.39, 0.29) is 0 Å². The Morgan fingerprint density at radius 1 is 1.13 bits per heavy atom. The maximum absolute atomic E-state index is 4.02. The molecule has 2 fully saturated rings. The maximum atomic E-state index is 4.02. The standard InChI is InChI=1S/C9H16Br4Si2/c1-14(10,11)8-5-7-3-4-9(8,6-7)15(2,12)13/h7-8H,3-6H2,1-2H3. The van der Waals surface area contributed by atoms with Crippen molar-refractivity contribution in [2.75, 3.05) is 0 Å². The zero-order valence-electron chi connectivity index (χ0n) is 8.99. The largest absolute Gasteiger partial charge is 0.204 e. The minimum Gasteiger partial charge on any atom is -0.111 e. The first-order valence-electron chi connectivity index (χ1n) is 5.42. The van der Waals surface area contributed by atoms with Gasteiger partial charge in [-0.3, -0.25) is 0 Å². The van der Waals surface area contributed by atoms with Crippen molar-refractivity contribution in [1.82, 2.24) is 0 Å². The zero-order chi connectivity index (χ0) is 11.5. The van der Waals surface area contributed by atoms with Crippen LogP contribution in [0.5, 0.6) is 0 Å². The van der Waals surface area contributed by atoms with Crippen LogP contribution in [0.2, 0.25) is 23.7 Å². The van der Waals surface area contributed by atoms with E-state index in [4.69, 9.17) is 0 Å². The van der Waals surface area contributed by atoms with E-state index in [1.54, 1.807) is 0 Å². The summed E-state index contributed by atoms with van der Waals surface area (Å²) in [6.07, 6.45) is 5.79. The van der Waals surface area contributed by atoms with Crippen molar-refractivity contribution in [2.45, 2.75) is 49.4 Å². The van der Waals surface area contributed by atoms with E-state index < -0.39 is 10.6 Å². The molecule has 0 aromatic rings. The summed E-state index contributed by atoms with van der Waals surface area (Å²) in [6, 6.07) is 0. The van der Waals surface area contributed by atoms with Crippen LogP contribution in [-0.2, 0) is 0 Å². The molecule has 0 aliphatic heterocycles. The van der Waals surface area contributed by atoms with Crippen LogP contribution < -0.4 is 0 Å². The molecule has 2 aliphatic rings. The van der Waals surface area contributed by atoms with Gasteiger partial charge in [-0.05, 0) is 48.9 Å². The van der Waals surface area contributed by atoms with Crippen molar-refractivity contribution in [3.05, 3.63) is 0 Å². The fourth-order valence-corrected chi connectivity index (χ4v) is 19.4. The third-order valence-electron chi connectivity index (χ3n) is 4.37. The third-order valence-corrected chi connectivity index (χ3v) is 17.3. The second kappa shape index (κ2) is 4.18. The van der Waals surface area contributed by atoms with Gasteiger partial charge in [-0.2, -0.15) is 0 Å². The Morgan fingerprint density at radius 3 is 2.07 bits per heavy atom. The predicted molar refractivity (Wildman–Crippen MR) is 87.3 cm³/mol. The van der Waals surface area contributed by atoms with Crippen molar-refractivity contribution in [3.63, 3.8) is 0 Å². The lowest BCUT2D eigenvalue weighted by Crippen LogP contribution is -2.41. The molecule has 0 amide bonds. The predicted octanol–water partition coefficient (Wildman–Crippen LogP) is 6.02. The van der Waals surface area contributed by atoms with E-state index >= 15 is 0 Å². The molecule has 0 aromatic carbocycles. The SMILES string of the molecule is C[Si](Br)(Br)C1CC2CCC1([Si](C)(Br)Br)C2. The van der Waals surface area contributed by atoms with E-state index in [2.05, 4.69) is 74.3 Å². The Labute approximate surface area is 126 Å². The lowest BCUT2D eigenvalue weighted by atomic mass is 9.99. The van der Waals surface area contributed by atoms with E-state index in [0.717, 1.165) is 11.5 Å². The average Bonchev–Trinajstić information content (AvgIpc) is 2.57. The molecule has 0 nitrogen and oxygen atoms in total. The number of hydrogen-bond donors (Lipinski definition) is 0. The lowest BCUT2D eigenvalue weighted by molar-refractivity contribution is 0.483. The first kappa shape index (κ1) is 13.8. The molecule has 15 heavy (non-hydrogen) atoms. The Morgan fingerprint density at radius 2 is 1.73 bits per heavy atom. The summed E-state index contributed by atoms with van der Waals surface area (Å²) in [5.41, 5.74) is 0.888. The molecule has 2 rings (SSSR count). The van der Waals surface area contributed by atoms with Gasteiger partial charge in [-0.15, -0.1) is 61.2 Å². The van der Waals surface area contributed by atoms with Gasteiger partial charge >= 0.3 is 0 Å². The van der Waals surface area contributed by atoms with E-state index in [1.807, 2.05) is 0 Å². The highest BCUT2D eigenvalue weighted by Gasteiger charge is 2.64. The topological polar surface area (TPSA) is 0 Å². The molecule has 2 aliphatic carbocycles. The number of halogens is 4. The van der Waals surface area contributed by atoms with Crippen LogP contribution in [0, 0.1) is 5.92 Å². The van der Waals surface area contributed by atoms with Crippen molar-refractivity contribution < 1.29 is 0 Å². The second-order valence-corrected chi connectivity index (χ2v) is 36.6. The smallest absolute Gasteiger partial charge is 0.111 e. The Kier molecular flexibility index (Phi) is 3.84. The maximum Gasteiger partial charge on any atom is 0.204 e.